The Hall–Kier alpha value is -0.740. The molecule has 2 rings (SSSR count). The van der Waals surface area contributed by atoms with Crippen LogP contribution in [0.2, 0.25) is 0 Å². The first-order valence-electron chi connectivity index (χ1n) is 5.10. The molecule has 0 N–H and O–H groups in total. The summed E-state index contributed by atoms with van der Waals surface area (Å²) >= 11 is 3.69. The Bertz CT molecular complexity index is 399. The molecule has 1 saturated heterocycles. The number of benzene rings is 1. The third-order valence-corrected chi connectivity index (χ3v) is 3.75. The van der Waals surface area contributed by atoms with Gasteiger partial charge in [-0.3, -0.25) is 0 Å². The lowest BCUT2D eigenvalue weighted by molar-refractivity contribution is -0.00796. The first kappa shape index (κ1) is 11.7. The van der Waals surface area contributed by atoms with E-state index in [1.807, 2.05) is 19.1 Å². The summed E-state index contributed by atoms with van der Waals surface area (Å²) in [5.41, 5.74) is 2.16. The molecule has 1 aromatic carbocycles. The van der Waals surface area contributed by atoms with E-state index in [-0.39, 0.29) is 4.32 Å². The molecule has 1 aliphatic rings. The van der Waals surface area contributed by atoms with Gasteiger partial charge in [0.25, 0.3) is 0 Å². The fourth-order valence-electron chi connectivity index (χ4n) is 1.84. The Morgan fingerprint density at radius 1 is 1.19 bits per heavy atom. The zero-order valence-electron chi connectivity index (χ0n) is 9.67. The van der Waals surface area contributed by atoms with Crippen LogP contribution in [-0.4, -0.2) is 27.4 Å². The minimum atomic E-state index is -0.126. The summed E-state index contributed by atoms with van der Waals surface area (Å²) in [6.45, 7) is 3.33. The van der Waals surface area contributed by atoms with Crippen molar-refractivity contribution in [3.8, 4) is 11.5 Å². The molecule has 0 unspecified atom stereocenters. The molecule has 1 aliphatic heterocycles. The zero-order valence-corrected chi connectivity index (χ0v) is 11.3. The largest absolute Gasteiger partial charge is 0.496 e. The van der Waals surface area contributed by atoms with Gasteiger partial charge in [-0.1, -0.05) is 15.9 Å². The molecule has 1 heterocycles. The molecule has 0 bridgehead atoms. The van der Waals surface area contributed by atoms with Crippen LogP contribution in [0, 0.1) is 6.92 Å². The molecule has 88 valence electrons. The van der Waals surface area contributed by atoms with Gasteiger partial charge in [0.05, 0.1) is 27.4 Å². The summed E-state index contributed by atoms with van der Waals surface area (Å²) in [5, 5.41) is 0. The van der Waals surface area contributed by atoms with Crippen molar-refractivity contribution in [1.29, 1.82) is 0 Å². The van der Waals surface area contributed by atoms with Crippen molar-refractivity contribution in [2.75, 3.05) is 27.4 Å². The highest BCUT2D eigenvalue weighted by molar-refractivity contribution is 9.09. The quantitative estimate of drug-likeness (QED) is 0.800. The van der Waals surface area contributed by atoms with Gasteiger partial charge in [0.1, 0.15) is 15.8 Å². The zero-order chi connectivity index (χ0) is 11.8. The third-order valence-electron chi connectivity index (χ3n) is 2.86. The Labute approximate surface area is 104 Å². The van der Waals surface area contributed by atoms with Crippen molar-refractivity contribution in [2.24, 2.45) is 0 Å². The molecular weight excluding hydrogens is 272 g/mol. The van der Waals surface area contributed by atoms with Gasteiger partial charge in [-0.05, 0) is 24.6 Å². The van der Waals surface area contributed by atoms with E-state index in [0.717, 1.165) is 22.6 Å². The van der Waals surface area contributed by atoms with Gasteiger partial charge in [-0.15, -0.1) is 0 Å². The van der Waals surface area contributed by atoms with Crippen LogP contribution < -0.4 is 9.47 Å². The smallest absolute Gasteiger partial charge is 0.124 e. The summed E-state index contributed by atoms with van der Waals surface area (Å²) < 4.78 is 15.9. The molecule has 4 heteroatoms. The van der Waals surface area contributed by atoms with Gasteiger partial charge in [0, 0.05) is 5.56 Å². The fourth-order valence-corrected chi connectivity index (χ4v) is 2.47. The Balaban J connectivity index is 2.49. The average Bonchev–Trinajstić information content (AvgIpc) is 2.25. The molecule has 0 aromatic heterocycles. The van der Waals surface area contributed by atoms with Crippen LogP contribution in [0.4, 0.5) is 0 Å². The van der Waals surface area contributed by atoms with E-state index >= 15 is 0 Å². The molecule has 16 heavy (non-hydrogen) atoms. The van der Waals surface area contributed by atoms with E-state index < -0.39 is 0 Å². The molecule has 3 nitrogen and oxygen atoms in total. The Morgan fingerprint density at radius 3 is 2.25 bits per heavy atom. The van der Waals surface area contributed by atoms with Crippen LogP contribution >= 0.6 is 15.9 Å². The lowest BCUT2D eigenvalue weighted by Gasteiger charge is -2.37. The minimum absolute atomic E-state index is 0.126. The number of rotatable bonds is 3. The van der Waals surface area contributed by atoms with Crippen molar-refractivity contribution >= 4 is 15.9 Å². The lowest BCUT2D eigenvalue weighted by Crippen LogP contribution is -2.41. The van der Waals surface area contributed by atoms with Gasteiger partial charge in [0.15, 0.2) is 0 Å². The first-order chi connectivity index (χ1) is 7.60. The maximum atomic E-state index is 5.41. The second kappa shape index (κ2) is 4.26. The molecule has 0 aliphatic carbocycles. The molecule has 1 aromatic rings. The normalized spacial score (nSPS) is 17.8. The minimum Gasteiger partial charge on any atom is -0.496 e. The van der Waals surface area contributed by atoms with E-state index in [1.165, 1.54) is 0 Å². The molecular formula is C12H15BrO3. The topological polar surface area (TPSA) is 27.7 Å². The fraction of sp³-hybridized carbons (Fsp3) is 0.500. The highest BCUT2D eigenvalue weighted by atomic mass is 79.9. The van der Waals surface area contributed by atoms with E-state index in [2.05, 4.69) is 15.9 Å². The second-order valence-electron chi connectivity index (χ2n) is 3.98. The summed E-state index contributed by atoms with van der Waals surface area (Å²) in [4.78, 5) is 0. The van der Waals surface area contributed by atoms with Crippen LogP contribution in [0.1, 0.15) is 11.1 Å². The highest BCUT2D eigenvalue weighted by Crippen LogP contribution is 2.45. The van der Waals surface area contributed by atoms with Gasteiger partial charge >= 0.3 is 0 Å². The lowest BCUT2D eigenvalue weighted by atomic mass is 9.94. The van der Waals surface area contributed by atoms with Crippen molar-refractivity contribution in [3.05, 3.63) is 23.3 Å². The first-order valence-corrected chi connectivity index (χ1v) is 5.90. The molecule has 0 spiro atoms. The number of halogens is 1. The molecule has 0 atom stereocenters. The van der Waals surface area contributed by atoms with Gasteiger partial charge in [0.2, 0.25) is 0 Å². The van der Waals surface area contributed by atoms with Gasteiger partial charge < -0.3 is 14.2 Å². The molecule has 0 radical (unpaired) electrons. The number of methoxy groups -OCH3 is 2. The van der Waals surface area contributed by atoms with Crippen molar-refractivity contribution in [1.82, 2.24) is 0 Å². The summed E-state index contributed by atoms with van der Waals surface area (Å²) in [6.07, 6.45) is 0. The van der Waals surface area contributed by atoms with Crippen LogP contribution in [0.5, 0.6) is 11.5 Å². The van der Waals surface area contributed by atoms with E-state index in [0.29, 0.717) is 13.2 Å². The Morgan fingerprint density at radius 2 is 1.81 bits per heavy atom. The maximum Gasteiger partial charge on any atom is 0.124 e. The summed E-state index contributed by atoms with van der Waals surface area (Å²) in [6, 6.07) is 4.01. The monoisotopic (exact) mass is 286 g/mol. The van der Waals surface area contributed by atoms with E-state index in [1.54, 1.807) is 14.2 Å². The number of aryl methyl sites for hydroxylation is 1. The molecule has 0 amide bonds. The summed E-state index contributed by atoms with van der Waals surface area (Å²) in [7, 11) is 3.36. The Kier molecular flexibility index (Phi) is 3.13. The summed E-state index contributed by atoms with van der Waals surface area (Å²) in [5.74, 6) is 1.75. The number of hydrogen-bond donors (Lipinski definition) is 0. The second-order valence-corrected chi connectivity index (χ2v) is 5.50. The predicted molar refractivity (Wildman–Crippen MR) is 65.7 cm³/mol. The van der Waals surface area contributed by atoms with Gasteiger partial charge in [-0.25, -0.2) is 0 Å². The van der Waals surface area contributed by atoms with Crippen molar-refractivity contribution in [3.63, 3.8) is 0 Å². The number of hydrogen-bond acceptors (Lipinski definition) is 3. The maximum absolute atomic E-state index is 5.41. The van der Waals surface area contributed by atoms with E-state index in [9.17, 15) is 0 Å². The van der Waals surface area contributed by atoms with Crippen LogP contribution in [-0.2, 0) is 9.06 Å². The van der Waals surface area contributed by atoms with Crippen molar-refractivity contribution < 1.29 is 14.2 Å². The predicted octanol–water partition coefficient (Wildman–Crippen LogP) is 2.63. The molecule has 0 saturated carbocycles. The number of ether oxygens (including phenoxy) is 3. The molecule has 1 fully saturated rings. The van der Waals surface area contributed by atoms with E-state index in [4.69, 9.17) is 14.2 Å². The SMILES string of the molecule is COc1cc(C2(Br)COC2)c(OC)cc1C. The highest BCUT2D eigenvalue weighted by Gasteiger charge is 2.40. The van der Waals surface area contributed by atoms with Crippen LogP contribution in [0.3, 0.4) is 0 Å². The van der Waals surface area contributed by atoms with Crippen molar-refractivity contribution in [2.45, 2.75) is 11.2 Å². The third kappa shape index (κ3) is 1.80. The number of alkyl halides is 1. The van der Waals surface area contributed by atoms with Gasteiger partial charge in [-0.2, -0.15) is 0 Å². The average molecular weight is 287 g/mol. The standard InChI is InChI=1S/C12H15BrO3/c1-8-4-11(15-3)9(5-10(8)14-2)12(13)6-16-7-12/h4-5H,6-7H2,1-3H3. The van der Waals surface area contributed by atoms with Crippen LogP contribution in [0.25, 0.3) is 0 Å². The van der Waals surface area contributed by atoms with Crippen LogP contribution in [0.15, 0.2) is 12.1 Å².